The molecule has 1 aliphatic heterocycles. The molecule has 1 aliphatic rings. The molecule has 0 aliphatic carbocycles. The molecule has 3 rings (SSSR count). The Morgan fingerprint density at radius 1 is 1.25 bits per heavy atom. The third kappa shape index (κ3) is 2.10. The standard InChI is InChI=1S/C14H12ClN3O2/c1-14(2)9-5-8(3-4-10(9)18-13(14)19)20-12-6-11(15)16-7-17-12/h3-7H,1-2H3,(H,18,19). The summed E-state index contributed by atoms with van der Waals surface area (Å²) >= 11 is 5.78. The zero-order valence-corrected chi connectivity index (χ0v) is 11.7. The van der Waals surface area contributed by atoms with Crippen LogP contribution in [0.2, 0.25) is 5.15 Å². The molecule has 102 valence electrons. The normalized spacial score (nSPS) is 15.7. The van der Waals surface area contributed by atoms with Gasteiger partial charge in [0.1, 0.15) is 17.2 Å². The fourth-order valence-electron chi connectivity index (χ4n) is 2.11. The van der Waals surface area contributed by atoms with Crippen LogP contribution in [0.3, 0.4) is 0 Å². The number of anilines is 1. The second-order valence-electron chi connectivity index (χ2n) is 5.07. The van der Waals surface area contributed by atoms with Gasteiger partial charge in [0.05, 0.1) is 5.41 Å². The van der Waals surface area contributed by atoms with Crippen LogP contribution >= 0.6 is 11.6 Å². The second-order valence-corrected chi connectivity index (χ2v) is 5.45. The fourth-order valence-corrected chi connectivity index (χ4v) is 2.24. The summed E-state index contributed by atoms with van der Waals surface area (Å²) < 4.78 is 5.64. The van der Waals surface area contributed by atoms with Gasteiger partial charge in [0.25, 0.3) is 0 Å². The maximum Gasteiger partial charge on any atom is 0.234 e. The van der Waals surface area contributed by atoms with Gasteiger partial charge < -0.3 is 10.1 Å². The number of amides is 1. The summed E-state index contributed by atoms with van der Waals surface area (Å²) in [5.74, 6) is 0.942. The quantitative estimate of drug-likeness (QED) is 0.863. The zero-order valence-electron chi connectivity index (χ0n) is 11.0. The third-order valence-electron chi connectivity index (χ3n) is 3.31. The van der Waals surface area contributed by atoms with Crippen LogP contribution in [0.4, 0.5) is 5.69 Å². The number of benzene rings is 1. The van der Waals surface area contributed by atoms with Gasteiger partial charge in [0.2, 0.25) is 11.8 Å². The molecule has 1 N–H and O–H groups in total. The van der Waals surface area contributed by atoms with E-state index >= 15 is 0 Å². The van der Waals surface area contributed by atoms with Crippen LogP contribution in [0.1, 0.15) is 19.4 Å². The minimum Gasteiger partial charge on any atom is -0.439 e. The molecule has 0 saturated carbocycles. The molecule has 0 fully saturated rings. The lowest BCUT2D eigenvalue weighted by Crippen LogP contribution is -2.26. The molecule has 0 unspecified atom stereocenters. The molecule has 2 aromatic rings. The minimum atomic E-state index is -0.571. The van der Waals surface area contributed by atoms with Crippen molar-refractivity contribution in [3.8, 4) is 11.6 Å². The van der Waals surface area contributed by atoms with Crippen molar-refractivity contribution in [2.75, 3.05) is 5.32 Å². The Kier molecular flexibility index (Phi) is 2.87. The molecule has 5 nitrogen and oxygen atoms in total. The number of carbonyl (C=O) groups excluding carboxylic acids is 1. The van der Waals surface area contributed by atoms with Gasteiger partial charge in [0.15, 0.2) is 0 Å². The minimum absolute atomic E-state index is 0.0188. The lowest BCUT2D eigenvalue weighted by Gasteiger charge is -2.15. The second kappa shape index (κ2) is 4.45. The number of nitrogens with one attached hydrogen (secondary N) is 1. The summed E-state index contributed by atoms with van der Waals surface area (Å²) in [6.07, 6.45) is 1.33. The van der Waals surface area contributed by atoms with Crippen LogP contribution < -0.4 is 10.1 Å². The van der Waals surface area contributed by atoms with Crippen molar-refractivity contribution in [2.45, 2.75) is 19.3 Å². The van der Waals surface area contributed by atoms with Gasteiger partial charge >= 0.3 is 0 Å². The maximum atomic E-state index is 11.9. The largest absolute Gasteiger partial charge is 0.439 e. The first-order valence-corrected chi connectivity index (χ1v) is 6.46. The third-order valence-corrected chi connectivity index (χ3v) is 3.52. The first kappa shape index (κ1) is 12.9. The molecule has 2 heterocycles. The van der Waals surface area contributed by atoms with Crippen LogP contribution in [0.5, 0.6) is 11.6 Å². The topological polar surface area (TPSA) is 64.1 Å². The lowest BCUT2D eigenvalue weighted by molar-refractivity contribution is -0.119. The first-order chi connectivity index (χ1) is 9.46. The highest BCUT2D eigenvalue weighted by Gasteiger charge is 2.38. The Bertz CT molecular complexity index is 701. The molecule has 0 saturated heterocycles. The SMILES string of the molecule is CC1(C)C(=O)Nc2ccc(Oc3cc(Cl)ncn3)cc21. The van der Waals surface area contributed by atoms with Gasteiger partial charge in [-0.3, -0.25) is 4.79 Å². The van der Waals surface area contributed by atoms with Crippen molar-refractivity contribution in [3.05, 3.63) is 41.3 Å². The van der Waals surface area contributed by atoms with Crippen LogP contribution in [0.25, 0.3) is 0 Å². The number of hydrogen-bond donors (Lipinski definition) is 1. The number of hydrogen-bond acceptors (Lipinski definition) is 4. The Hall–Kier alpha value is -2.14. The van der Waals surface area contributed by atoms with E-state index in [1.165, 1.54) is 12.4 Å². The average Bonchev–Trinajstić information content (AvgIpc) is 2.61. The highest BCUT2D eigenvalue weighted by molar-refractivity contribution is 6.29. The van der Waals surface area contributed by atoms with E-state index in [9.17, 15) is 4.79 Å². The summed E-state index contributed by atoms with van der Waals surface area (Å²) in [5.41, 5.74) is 1.14. The molecule has 0 bridgehead atoms. The first-order valence-electron chi connectivity index (χ1n) is 6.08. The van der Waals surface area contributed by atoms with E-state index in [1.807, 2.05) is 26.0 Å². The van der Waals surface area contributed by atoms with E-state index in [0.29, 0.717) is 16.8 Å². The smallest absolute Gasteiger partial charge is 0.234 e. The highest BCUT2D eigenvalue weighted by atomic mass is 35.5. The summed E-state index contributed by atoms with van der Waals surface area (Å²) in [6, 6.07) is 6.96. The number of fused-ring (bicyclic) bond motifs is 1. The molecule has 1 amide bonds. The molecule has 0 atom stereocenters. The summed E-state index contributed by atoms with van der Waals surface area (Å²) in [4.78, 5) is 19.6. The molecular formula is C14H12ClN3O2. The van der Waals surface area contributed by atoms with Crippen molar-refractivity contribution in [3.63, 3.8) is 0 Å². The number of rotatable bonds is 2. The number of aromatic nitrogens is 2. The van der Waals surface area contributed by atoms with Gasteiger partial charge in [-0.25, -0.2) is 9.97 Å². The highest BCUT2D eigenvalue weighted by Crippen LogP contribution is 2.39. The molecule has 0 radical (unpaired) electrons. The van der Waals surface area contributed by atoms with Gasteiger partial charge in [-0.15, -0.1) is 0 Å². The van der Waals surface area contributed by atoms with Crippen molar-refractivity contribution in [2.24, 2.45) is 0 Å². The number of nitrogens with zero attached hydrogens (tertiary/aromatic N) is 2. The summed E-state index contributed by atoms with van der Waals surface area (Å²) in [7, 11) is 0. The van der Waals surface area contributed by atoms with Crippen molar-refractivity contribution < 1.29 is 9.53 Å². The fraction of sp³-hybridized carbons (Fsp3) is 0.214. The van der Waals surface area contributed by atoms with Crippen LogP contribution in [-0.4, -0.2) is 15.9 Å². The van der Waals surface area contributed by atoms with E-state index in [2.05, 4.69) is 15.3 Å². The summed E-state index contributed by atoms with van der Waals surface area (Å²) in [6.45, 7) is 3.75. The number of ether oxygens (including phenoxy) is 1. The van der Waals surface area contributed by atoms with Crippen molar-refractivity contribution in [1.82, 2.24) is 9.97 Å². The van der Waals surface area contributed by atoms with E-state index in [4.69, 9.17) is 16.3 Å². The monoisotopic (exact) mass is 289 g/mol. The number of halogens is 1. The summed E-state index contributed by atoms with van der Waals surface area (Å²) in [5, 5.41) is 3.16. The molecule has 1 aromatic heterocycles. The van der Waals surface area contributed by atoms with E-state index in [1.54, 1.807) is 6.07 Å². The maximum absolute atomic E-state index is 11.9. The van der Waals surface area contributed by atoms with Crippen molar-refractivity contribution in [1.29, 1.82) is 0 Å². The van der Waals surface area contributed by atoms with E-state index in [-0.39, 0.29) is 5.91 Å². The Morgan fingerprint density at radius 2 is 2.05 bits per heavy atom. The zero-order chi connectivity index (χ0) is 14.3. The van der Waals surface area contributed by atoms with E-state index < -0.39 is 5.41 Å². The van der Waals surface area contributed by atoms with Crippen molar-refractivity contribution >= 4 is 23.2 Å². The Labute approximate surface area is 121 Å². The number of carbonyl (C=O) groups is 1. The average molecular weight is 290 g/mol. The van der Waals surface area contributed by atoms with Gasteiger partial charge in [-0.2, -0.15) is 0 Å². The van der Waals surface area contributed by atoms with Gasteiger partial charge in [-0.05, 0) is 37.6 Å². The lowest BCUT2D eigenvalue weighted by atomic mass is 9.86. The predicted molar refractivity (Wildman–Crippen MR) is 75.2 cm³/mol. The van der Waals surface area contributed by atoms with Crippen LogP contribution in [0, 0.1) is 0 Å². The molecular weight excluding hydrogens is 278 g/mol. The van der Waals surface area contributed by atoms with Gasteiger partial charge in [-0.1, -0.05) is 11.6 Å². The molecule has 1 aromatic carbocycles. The molecule has 0 spiro atoms. The van der Waals surface area contributed by atoms with Gasteiger partial charge in [0, 0.05) is 11.8 Å². The van der Waals surface area contributed by atoms with Crippen LogP contribution in [0.15, 0.2) is 30.6 Å². The molecule has 20 heavy (non-hydrogen) atoms. The van der Waals surface area contributed by atoms with Crippen LogP contribution in [-0.2, 0) is 10.2 Å². The Balaban J connectivity index is 1.94. The molecule has 6 heteroatoms. The Morgan fingerprint density at radius 3 is 2.80 bits per heavy atom. The van der Waals surface area contributed by atoms with E-state index in [0.717, 1.165) is 11.3 Å². The predicted octanol–water partition coefficient (Wildman–Crippen LogP) is 3.15.